The third-order valence-corrected chi connectivity index (χ3v) is 4.53. The van der Waals surface area contributed by atoms with Crippen molar-refractivity contribution in [1.82, 2.24) is 0 Å². The van der Waals surface area contributed by atoms with Crippen LogP contribution in [0.3, 0.4) is 0 Å². The fourth-order valence-electron chi connectivity index (χ4n) is 2.33. The fourth-order valence-corrected chi connectivity index (χ4v) is 2.84. The molecule has 0 spiro atoms. The van der Waals surface area contributed by atoms with Crippen molar-refractivity contribution in [1.29, 1.82) is 0 Å². The van der Waals surface area contributed by atoms with Gasteiger partial charge in [0.25, 0.3) is 5.69 Å². The predicted octanol–water partition coefficient (Wildman–Crippen LogP) is 1.17. The third-order valence-electron chi connectivity index (χ3n) is 3.51. The van der Waals surface area contributed by atoms with Crippen molar-refractivity contribution >= 4 is 21.4 Å². The van der Waals surface area contributed by atoms with E-state index >= 15 is 0 Å². The van der Waals surface area contributed by atoms with Gasteiger partial charge in [-0.2, -0.15) is 13.2 Å². The molecule has 12 heteroatoms. The maximum atomic E-state index is 12.5. The minimum absolute atomic E-state index is 0. The molecule has 0 unspecified atom stereocenters. The molecule has 1 aliphatic rings. The van der Waals surface area contributed by atoms with E-state index in [0.29, 0.717) is 12.8 Å². The predicted molar refractivity (Wildman–Crippen MR) is 78.6 cm³/mol. The molecule has 2 rings (SSSR count). The van der Waals surface area contributed by atoms with Crippen molar-refractivity contribution in [3.8, 4) is 5.75 Å². The van der Waals surface area contributed by atoms with Crippen LogP contribution in [0.2, 0.25) is 0 Å². The Kier molecular flexibility index (Phi) is 7.54. The van der Waals surface area contributed by atoms with E-state index in [4.69, 9.17) is 4.74 Å². The average Bonchev–Trinajstić information content (AvgIpc) is 2.48. The van der Waals surface area contributed by atoms with E-state index in [0.717, 1.165) is 37.5 Å². The largest absolute Gasteiger partial charge is 1.00 e. The van der Waals surface area contributed by atoms with Crippen LogP contribution in [0.5, 0.6) is 5.75 Å². The third kappa shape index (κ3) is 5.73. The summed E-state index contributed by atoms with van der Waals surface area (Å²) < 4.78 is 68.1. The summed E-state index contributed by atoms with van der Waals surface area (Å²) in [6, 6.07) is 2.59. The second-order valence-corrected chi connectivity index (χ2v) is 6.89. The molecule has 1 aliphatic carbocycles. The number of non-ortho nitro benzene ring substituents is 1. The maximum Gasteiger partial charge on any atom is 1.00 e. The van der Waals surface area contributed by atoms with Gasteiger partial charge >= 0.3 is 35.1 Å². The van der Waals surface area contributed by atoms with Crippen molar-refractivity contribution in [2.45, 2.75) is 43.7 Å². The zero-order valence-electron chi connectivity index (χ0n) is 13.3. The van der Waals surface area contributed by atoms with Crippen molar-refractivity contribution in [2.24, 2.45) is 0 Å². The first-order chi connectivity index (χ1) is 11.1. The van der Waals surface area contributed by atoms with Crippen LogP contribution in [0.1, 0.15) is 32.1 Å². The summed E-state index contributed by atoms with van der Waals surface area (Å²) in [6.45, 7) is 0. The number of sulfonamides is 1. The molecule has 0 aliphatic heterocycles. The average molecular weight is 390 g/mol. The van der Waals surface area contributed by atoms with Crippen molar-refractivity contribution < 1.29 is 60.8 Å². The summed E-state index contributed by atoms with van der Waals surface area (Å²) in [7, 11) is -5.77. The Morgan fingerprint density at radius 3 is 2.32 bits per heavy atom. The Morgan fingerprint density at radius 2 is 1.80 bits per heavy atom. The molecule has 0 saturated heterocycles. The van der Waals surface area contributed by atoms with Crippen molar-refractivity contribution in [2.75, 3.05) is 0 Å². The summed E-state index contributed by atoms with van der Waals surface area (Å²) in [5.41, 5.74) is -6.59. The minimum Gasteiger partial charge on any atom is -0.566 e. The molecule has 1 saturated carbocycles. The Bertz CT molecular complexity index is 721. The first-order valence-corrected chi connectivity index (χ1v) is 8.53. The van der Waals surface area contributed by atoms with Gasteiger partial charge in [-0.3, -0.25) is 10.1 Å². The van der Waals surface area contributed by atoms with E-state index < -0.39 is 31.8 Å². The van der Waals surface area contributed by atoms with E-state index in [1.54, 1.807) is 0 Å². The number of nitrogens with zero attached hydrogens (tertiary/aromatic N) is 2. The number of nitro groups is 1. The van der Waals surface area contributed by atoms with Crippen molar-refractivity contribution in [3.05, 3.63) is 33.0 Å². The number of ether oxygens (including phenoxy) is 1. The first kappa shape index (κ1) is 22.0. The molecule has 0 N–H and O–H groups in total. The molecule has 134 valence electrons. The Morgan fingerprint density at radius 1 is 1.20 bits per heavy atom. The topological polar surface area (TPSA) is 101 Å². The van der Waals surface area contributed by atoms with Gasteiger partial charge in [-0.1, -0.05) is 18.2 Å². The van der Waals surface area contributed by atoms with E-state index in [9.17, 15) is 31.7 Å². The Hall–Kier alpha value is -1.04. The van der Waals surface area contributed by atoms with Crippen molar-refractivity contribution in [3.63, 3.8) is 0 Å². The molecular weight excluding hydrogens is 376 g/mol. The number of rotatable bonds is 5. The first-order valence-electron chi connectivity index (χ1n) is 7.09. The molecule has 1 aromatic carbocycles. The van der Waals surface area contributed by atoms with Gasteiger partial charge in [-0.25, -0.2) is 8.42 Å². The van der Waals surface area contributed by atoms with E-state index in [-0.39, 0.29) is 41.4 Å². The van der Waals surface area contributed by atoms with Crippen LogP contribution in [0.4, 0.5) is 24.5 Å². The Balaban J connectivity index is 0.00000312. The van der Waals surface area contributed by atoms with Crippen LogP contribution in [-0.2, 0) is 10.0 Å². The van der Waals surface area contributed by atoms with Gasteiger partial charge < -0.3 is 9.46 Å². The number of halogens is 3. The molecule has 7 nitrogen and oxygen atoms in total. The smallest absolute Gasteiger partial charge is 0.566 e. The summed E-state index contributed by atoms with van der Waals surface area (Å²) in [5, 5.41) is 10.8. The molecule has 0 atom stereocenters. The number of benzene rings is 1. The van der Waals surface area contributed by atoms with E-state index in [1.807, 2.05) is 0 Å². The maximum absolute atomic E-state index is 12.5. The molecular formula is C13H14F3N2NaO5S. The van der Waals surface area contributed by atoms with Gasteiger partial charge in [0.15, 0.2) is 10.0 Å². The van der Waals surface area contributed by atoms with Gasteiger partial charge in [-0.05, 0) is 25.7 Å². The number of hydrogen-bond acceptors (Lipinski definition) is 5. The SMILES string of the molecule is O=[N+]([O-])c1ccc([N-]S(=O)(=O)C(F)(F)F)c(OC2CCCCC2)c1.[Na+]. The van der Waals surface area contributed by atoms with Crippen LogP contribution in [0, 0.1) is 10.1 Å². The second-order valence-electron chi connectivity index (χ2n) is 5.30. The van der Waals surface area contributed by atoms with E-state index in [1.165, 1.54) is 0 Å². The molecule has 0 radical (unpaired) electrons. The van der Waals surface area contributed by atoms with E-state index in [2.05, 4.69) is 4.72 Å². The zero-order chi connectivity index (χ0) is 18.0. The quantitative estimate of drug-likeness (QED) is 0.427. The van der Waals surface area contributed by atoms with Crippen LogP contribution >= 0.6 is 0 Å². The zero-order valence-corrected chi connectivity index (χ0v) is 16.1. The summed E-state index contributed by atoms with van der Waals surface area (Å²) in [5.74, 6) is -0.344. The minimum atomic E-state index is -5.77. The molecule has 0 amide bonds. The summed E-state index contributed by atoms with van der Waals surface area (Å²) in [4.78, 5) is 10.1. The van der Waals surface area contributed by atoms with Crippen LogP contribution in [-0.4, -0.2) is 25.0 Å². The van der Waals surface area contributed by atoms with Crippen LogP contribution in [0.25, 0.3) is 4.72 Å². The fraction of sp³-hybridized carbons (Fsp3) is 0.538. The summed E-state index contributed by atoms with van der Waals surface area (Å²) in [6.07, 6.45) is 3.62. The van der Waals surface area contributed by atoms with Gasteiger partial charge in [0.05, 0.1) is 17.1 Å². The second kappa shape index (κ2) is 8.56. The number of nitro benzene ring substituents is 1. The molecule has 0 heterocycles. The van der Waals surface area contributed by atoms with Gasteiger partial charge in [0.1, 0.15) is 5.75 Å². The normalized spacial score (nSPS) is 16.0. The summed E-state index contributed by atoms with van der Waals surface area (Å²) >= 11 is 0. The number of hydrogen-bond donors (Lipinski definition) is 0. The molecule has 1 aromatic rings. The van der Waals surface area contributed by atoms with Gasteiger partial charge in [0.2, 0.25) is 0 Å². The molecule has 0 aromatic heterocycles. The standard InChI is InChI=1S/C13H14F3N2O5S.Na/c14-13(15,16)24(21,22)17-11-7-6-9(18(19)20)8-12(11)23-10-4-2-1-3-5-10;/h6-8,10H,1-5H2;/q-1;+1. The Labute approximate surface area is 164 Å². The molecule has 0 bridgehead atoms. The molecule has 25 heavy (non-hydrogen) atoms. The number of alkyl halides is 3. The van der Waals surface area contributed by atoms with Crippen LogP contribution < -0.4 is 34.3 Å². The van der Waals surface area contributed by atoms with Gasteiger partial charge in [0, 0.05) is 6.07 Å². The van der Waals surface area contributed by atoms with Crippen LogP contribution in [0.15, 0.2) is 18.2 Å². The molecule has 1 fully saturated rings. The monoisotopic (exact) mass is 390 g/mol. The van der Waals surface area contributed by atoms with Gasteiger partial charge in [-0.15, -0.1) is 0 Å².